The molecule has 0 aliphatic rings. The molecule has 0 aliphatic carbocycles. The van der Waals surface area contributed by atoms with E-state index in [1.807, 2.05) is 0 Å². The second kappa shape index (κ2) is 10.8. The fourth-order valence-electron chi connectivity index (χ4n) is 3.02. The average Bonchev–Trinajstić information content (AvgIpc) is 2.78. The molecule has 0 unspecified atom stereocenters. The lowest BCUT2D eigenvalue weighted by atomic mass is 10.1. The van der Waals surface area contributed by atoms with Crippen LogP contribution < -0.4 is 11.1 Å². The highest BCUT2D eigenvalue weighted by atomic mass is 35.5. The van der Waals surface area contributed by atoms with Crippen molar-refractivity contribution in [3.63, 3.8) is 0 Å². The molecule has 0 heterocycles. The normalized spacial score (nSPS) is 11.5. The van der Waals surface area contributed by atoms with Gasteiger partial charge in [0.25, 0.3) is 0 Å². The lowest BCUT2D eigenvalue weighted by Gasteiger charge is -2.09. The number of nitrogens with one attached hydrogen (secondary N) is 1. The van der Waals surface area contributed by atoms with E-state index >= 15 is 0 Å². The van der Waals surface area contributed by atoms with Gasteiger partial charge in [-0.15, -0.1) is 12.4 Å². The van der Waals surface area contributed by atoms with Crippen LogP contribution in [0.5, 0.6) is 0 Å². The summed E-state index contributed by atoms with van der Waals surface area (Å²) in [5.41, 5.74) is 6.66. The molecular weight excluding hydrogens is 477 g/mol. The lowest BCUT2D eigenvalue weighted by Crippen LogP contribution is -2.24. The Kier molecular flexibility index (Phi) is 8.65. The van der Waals surface area contributed by atoms with Gasteiger partial charge in [-0.1, -0.05) is 36.4 Å². The molecular formula is C23H22ClF3N2O3S. The van der Waals surface area contributed by atoms with Gasteiger partial charge in [0, 0.05) is 13.1 Å². The lowest BCUT2D eigenvalue weighted by molar-refractivity contribution is -0.137. The first-order valence-electron chi connectivity index (χ1n) is 9.65. The van der Waals surface area contributed by atoms with Crippen LogP contribution in [0.2, 0.25) is 0 Å². The third-order valence-corrected chi connectivity index (χ3v) is 6.58. The number of sulfone groups is 1. The number of halogens is 4. The van der Waals surface area contributed by atoms with Crippen LogP contribution in [0.3, 0.4) is 0 Å². The van der Waals surface area contributed by atoms with Gasteiger partial charge in [-0.2, -0.15) is 13.2 Å². The maximum atomic E-state index is 12.8. The summed E-state index contributed by atoms with van der Waals surface area (Å²) in [7, 11) is -3.71. The zero-order valence-electron chi connectivity index (χ0n) is 17.3. The highest BCUT2D eigenvalue weighted by Gasteiger charge is 2.29. The summed E-state index contributed by atoms with van der Waals surface area (Å²) in [6, 6.07) is 16.9. The van der Waals surface area contributed by atoms with E-state index < -0.39 is 21.6 Å². The number of rotatable bonds is 7. The summed E-state index contributed by atoms with van der Waals surface area (Å²) < 4.78 is 63.4. The van der Waals surface area contributed by atoms with Crippen LogP contribution in [0.4, 0.5) is 13.2 Å². The highest BCUT2D eigenvalue weighted by Crippen LogP contribution is 2.29. The largest absolute Gasteiger partial charge is 0.416 e. The summed E-state index contributed by atoms with van der Waals surface area (Å²) >= 11 is 0. The van der Waals surface area contributed by atoms with Crippen molar-refractivity contribution in [3.8, 4) is 0 Å². The topological polar surface area (TPSA) is 89.3 Å². The van der Waals surface area contributed by atoms with Crippen molar-refractivity contribution < 1.29 is 26.4 Å². The van der Waals surface area contributed by atoms with E-state index in [1.54, 1.807) is 24.3 Å². The Morgan fingerprint density at radius 3 is 2.03 bits per heavy atom. The smallest absolute Gasteiger partial charge is 0.352 e. The molecule has 5 nitrogen and oxygen atoms in total. The number of alkyl halides is 3. The van der Waals surface area contributed by atoms with E-state index in [0.717, 1.165) is 12.1 Å². The molecule has 0 bridgehead atoms. The number of benzene rings is 3. The molecule has 0 saturated carbocycles. The quantitative estimate of drug-likeness (QED) is 0.509. The Hall–Kier alpha value is -2.88. The number of hydrogen-bond acceptors (Lipinski definition) is 4. The van der Waals surface area contributed by atoms with E-state index in [4.69, 9.17) is 5.73 Å². The van der Waals surface area contributed by atoms with E-state index in [9.17, 15) is 26.4 Å². The fraction of sp³-hybridized carbons (Fsp3) is 0.174. The van der Waals surface area contributed by atoms with Gasteiger partial charge in [0.05, 0.1) is 21.8 Å². The van der Waals surface area contributed by atoms with E-state index in [2.05, 4.69) is 5.32 Å². The van der Waals surface area contributed by atoms with Crippen LogP contribution in [-0.2, 0) is 40.3 Å². The maximum absolute atomic E-state index is 12.8. The molecule has 3 N–H and O–H groups in total. The molecule has 176 valence electrons. The molecule has 0 fully saturated rings. The van der Waals surface area contributed by atoms with E-state index in [-0.39, 0.29) is 47.6 Å². The van der Waals surface area contributed by atoms with Crippen molar-refractivity contribution in [2.45, 2.75) is 35.5 Å². The first kappa shape index (κ1) is 26.4. The van der Waals surface area contributed by atoms with E-state index in [0.29, 0.717) is 16.7 Å². The summed E-state index contributed by atoms with van der Waals surface area (Å²) in [4.78, 5) is 12.4. The minimum absolute atomic E-state index is 0. The fourth-order valence-corrected chi connectivity index (χ4v) is 4.35. The number of amides is 1. The molecule has 3 aromatic carbocycles. The van der Waals surface area contributed by atoms with Gasteiger partial charge in [0.2, 0.25) is 15.7 Å². The Balaban J connectivity index is 0.00000385. The van der Waals surface area contributed by atoms with Gasteiger partial charge in [-0.3, -0.25) is 4.79 Å². The van der Waals surface area contributed by atoms with Crippen molar-refractivity contribution in [3.05, 3.63) is 95.1 Å². The van der Waals surface area contributed by atoms with Crippen molar-refractivity contribution in [2.24, 2.45) is 5.73 Å². The van der Waals surface area contributed by atoms with Gasteiger partial charge in [0.15, 0.2) is 0 Å². The Labute approximate surface area is 196 Å². The third kappa shape index (κ3) is 6.80. The number of carbonyl (C=O) groups excluding carboxylic acids is 1. The highest BCUT2D eigenvalue weighted by molar-refractivity contribution is 7.91. The molecule has 0 spiro atoms. The molecule has 0 atom stereocenters. The SMILES string of the molecule is Cl.NCc1cccc(S(=O)(=O)c2ccc(CC(=O)NCc3ccc(C(F)(F)F)cc3)cc2)c1. The molecule has 0 radical (unpaired) electrons. The standard InChI is InChI=1S/C23H21F3N2O3S.ClH/c24-23(25,26)19-8-4-17(5-9-19)15-28-22(29)13-16-6-10-20(11-7-16)32(30,31)21-3-1-2-18(12-21)14-27;/h1-12H,13-15,27H2,(H,28,29);1H. The maximum Gasteiger partial charge on any atom is 0.416 e. The first-order valence-corrected chi connectivity index (χ1v) is 11.1. The zero-order chi connectivity index (χ0) is 23.4. The molecule has 33 heavy (non-hydrogen) atoms. The van der Waals surface area contributed by atoms with Crippen molar-refractivity contribution in [1.82, 2.24) is 5.32 Å². The number of hydrogen-bond donors (Lipinski definition) is 2. The molecule has 0 aromatic heterocycles. The van der Waals surface area contributed by atoms with Crippen molar-refractivity contribution >= 4 is 28.2 Å². The summed E-state index contributed by atoms with van der Waals surface area (Å²) in [6.07, 6.45) is -4.40. The van der Waals surface area contributed by atoms with Crippen LogP contribution >= 0.6 is 12.4 Å². The van der Waals surface area contributed by atoms with Gasteiger partial charge < -0.3 is 11.1 Å². The Morgan fingerprint density at radius 2 is 1.45 bits per heavy atom. The molecule has 0 saturated heterocycles. The van der Waals surface area contributed by atoms with Crippen LogP contribution in [0.1, 0.15) is 22.3 Å². The average molecular weight is 499 g/mol. The molecule has 1 amide bonds. The van der Waals surface area contributed by atoms with Gasteiger partial charge >= 0.3 is 6.18 Å². The van der Waals surface area contributed by atoms with Gasteiger partial charge in [0.1, 0.15) is 0 Å². The summed E-state index contributed by atoms with van der Waals surface area (Å²) in [5, 5.41) is 2.64. The third-order valence-electron chi connectivity index (χ3n) is 4.81. The number of nitrogens with two attached hydrogens (primary N) is 1. The van der Waals surface area contributed by atoms with Crippen molar-refractivity contribution in [2.75, 3.05) is 0 Å². The first-order chi connectivity index (χ1) is 15.1. The van der Waals surface area contributed by atoms with Gasteiger partial charge in [-0.05, 0) is 53.1 Å². The zero-order valence-corrected chi connectivity index (χ0v) is 18.9. The minimum Gasteiger partial charge on any atom is -0.352 e. The molecule has 0 aliphatic heterocycles. The number of carbonyl (C=O) groups is 1. The van der Waals surface area contributed by atoms with Crippen LogP contribution in [0, 0.1) is 0 Å². The summed E-state index contributed by atoms with van der Waals surface area (Å²) in [6.45, 7) is 0.310. The molecule has 3 rings (SSSR count). The minimum atomic E-state index is -4.41. The Morgan fingerprint density at radius 1 is 0.848 bits per heavy atom. The predicted molar refractivity (Wildman–Crippen MR) is 120 cm³/mol. The summed E-state index contributed by atoms with van der Waals surface area (Å²) in [5.74, 6) is -0.337. The van der Waals surface area contributed by atoms with Crippen LogP contribution in [0.15, 0.2) is 82.6 Å². The van der Waals surface area contributed by atoms with Gasteiger partial charge in [-0.25, -0.2) is 8.42 Å². The molecule has 3 aromatic rings. The van der Waals surface area contributed by atoms with Crippen molar-refractivity contribution in [1.29, 1.82) is 0 Å². The monoisotopic (exact) mass is 498 g/mol. The predicted octanol–water partition coefficient (Wildman–Crippen LogP) is 4.28. The Bertz CT molecular complexity index is 1200. The van der Waals surface area contributed by atoms with E-state index in [1.165, 1.54) is 36.4 Å². The second-order valence-electron chi connectivity index (χ2n) is 7.15. The second-order valence-corrected chi connectivity index (χ2v) is 9.10. The van der Waals surface area contributed by atoms with Crippen LogP contribution in [0.25, 0.3) is 0 Å². The van der Waals surface area contributed by atoms with Crippen LogP contribution in [-0.4, -0.2) is 14.3 Å². The molecule has 10 heteroatoms.